The molecule has 0 bridgehead atoms. The van der Waals surface area contributed by atoms with Crippen LogP contribution in [0.25, 0.3) is 0 Å². The van der Waals surface area contributed by atoms with Crippen LogP contribution >= 0.6 is 11.6 Å². The number of halogens is 1. The maximum absolute atomic E-state index is 11.5. The maximum Gasteiger partial charge on any atom is 0.239 e. The molecule has 1 aromatic rings. The molecule has 0 radical (unpaired) electrons. The first-order chi connectivity index (χ1) is 8.08. The zero-order valence-electron chi connectivity index (χ0n) is 10.3. The Bertz CT molecular complexity index is 366. The number of nitrogens with one attached hydrogen (secondary N) is 2. The van der Waals surface area contributed by atoms with Crippen molar-refractivity contribution in [3.8, 4) is 0 Å². The molecule has 0 heterocycles. The van der Waals surface area contributed by atoms with Crippen LogP contribution in [0.3, 0.4) is 0 Å². The highest BCUT2D eigenvalue weighted by molar-refractivity contribution is 6.30. The van der Waals surface area contributed by atoms with Gasteiger partial charge in [0, 0.05) is 17.3 Å². The number of anilines is 1. The van der Waals surface area contributed by atoms with Crippen molar-refractivity contribution in [2.24, 2.45) is 5.92 Å². The summed E-state index contributed by atoms with van der Waals surface area (Å²) in [6.07, 6.45) is 1.00. The van der Waals surface area contributed by atoms with Gasteiger partial charge in [0.05, 0.1) is 6.54 Å². The monoisotopic (exact) mass is 254 g/mol. The molecular weight excluding hydrogens is 236 g/mol. The summed E-state index contributed by atoms with van der Waals surface area (Å²) in [5.74, 6) is 0.613. The summed E-state index contributed by atoms with van der Waals surface area (Å²) in [7, 11) is 0. The minimum absolute atomic E-state index is 0.00521. The Balaban J connectivity index is 2.24. The minimum atomic E-state index is 0.00521. The lowest BCUT2D eigenvalue weighted by Gasteiger charge is -2.09. The lowest BCUT2D eigenvalue weighted by molar-refractivity contribution is -0.119. The number of carbonyl (C=O) groups is 1. The van der Waals surface area contributed by atoms with E-state index >= 15 is 0 Å². The molecule has 17 heavy (non-hydrogen) atoms. The van der Waals surface area contributed by atoms with E-state index in [1.54, 1.807) is 12.1 Å². The van der Waals surface area contributed by atoms with Gasteiger partial charge in [-0.25, -0.2) is 0 Å². The van der Waals surface area contributed by atoms with Crippen molar-refractivity contribution in [2.75, 3.05) is 18.4 Å². The minimum Gasteiger partial charge on any atom is -0.376 e. The molecule has 0 saturated heterocycles. The first-order valence-electron chi connectivity index (χ1n) is 5.84. The van der Waals surface area contributed by atoms with Gasteiger partial charge >= 0.3 is 0 Å². The Morgan fingerprint density at radius 2 is 2.18 bits per heavy atom. The van der Waals surface area contributed by atoms with Crippen molar-refractivity contribution in [3.05, 3.63) is 29.3 Å². The van der Waals surface area contributed by atoms with E-state index in [0.29, 0.717) is 10.9 Å². The van der Waals surface area contributed by atoms with Crippen LogP contribution in [0, 0.1) is 5.92 Å². The molecule has 0 fully saturated rings. The summed E-state index contributed by atoms with van der Waals surface area (Å²) < 4.78 is 0. The Morgan fingerprint density at radius 1 is 1.41 bits per heavy atom. The van der Waals surface area contributed by atoms with Gasteiger partial charge in [-0.15, -0.1) is 0 Å². The third-order valence-electron chi connectivity index (χ3n) is 2.32. The number of carbonyl (C=O) groups excluding carboxylic acids is 1. The highest BCUT2D eigenvalue weighted by atomic mass is 35.5. The molecule has 94 valence electrons. The van der Waals surface area contributed by atoms with Crippen LogP contribution in [0.1, 0.15) is 20.3 Å². The molecule has 1 amide bonds. The predicted molar refractivity (Wildman–Crippen MR) is 72.4 cm³/mol. The maximum atomic E-state index is 11.5. The second kappa shape index (κ2) is 7.17. The Labute approximate surface area is 108 Å². The number of hydrogen-bond donors (Lipinski definition) is 2. The molecule has 0 spiro atoms. The van der Waals surface area contributed by atoms with Gasteiger partial charge in [-0.2, -0.15) is 0 Å². The summed E-state index contributed by atoms with van der Waals surface area (Å²) in [5.41, 5.74) is 0.858. The van der Waals surface area contributed by atoms with Crippen molar-refractivity contribution < 1.29 is 4.79 Å². The van der Waals surface area contributed by atoms with Crippen LogP contribution in [-0.4, -0.2) is 19.0 Å². The van der Waals surface area contributed by atoms with E-state index in [2.05, 4.69) is 24.5 Å². The third kappa shape index (κ3) is 6.17. The number of benzene rings is 1. The lowest BCUT2D eigenvalue weighted by atomic mass is 10.1. The summed E-state index contributed by atoms with van der Waals surface area (Å²) in [6, 6.07) is 7.33. The van der Waals surface area contributed by atoms with Gasteiger partial charge in [-0.3, -0.25) is 4.79 Å². The zero-order valence-corrected chi connectivity index (χ0v) is 11.1. The SMILES string of the molecule is CC(C)CCNC(=O)CNc1cccc(Cl)c1. The van der Waals surface area contributed by atoms with Crippen molar-refractivity contribution in [3.63, 3.8) is 0 Å². The topological polar surface area (TPSA) is 41.1 Å². The van der Waals surface area contributed by atoms with Crippen LogP contribution in [0.5, 0.6) is 0 Å². The van der Waals surface area contributed by atoms with Gasteiger partial charge in [0.15, 0.2) is 0 Å². The Kier molecular flexibility index (Phi) is 5.84. The fraction of sp³-hybridized carbons (Fsp3) is 0.462. The highest BCUT2D eigenvalue weighted by Gasteiger charge is 2.01. The van der Waals surface area contributed by atoms with Gasteiger partial charge in [0.2, 0.25) is 5.91 Å². The lowest BCUT2D eigenvalue weighted by Crippen LogP contribution is -2.31. The molecule has 0 aliphatic rings. The van der Waals surface area contributed by atoms with Crippen LogP contribution in [0.4, 0.5) is 5.69 Å². The molecule has 4 heteroatoms. The quantitative estimate of drug-likeness (QED) is 0.820. The second-order valence-electron chi connectivity index (χ2n) is 4.40. The molecule has 2 N–H and O–H groups in total. The normalized spacial score (nSPS) is 10.4. The van der Waals surface area contributed by atoms with Crippen molar-refractivity contribution >= 4 is 23.2 Å². The molecule has 0 saturated carbocycles. The van der Waals surface area contributed by atoms with Crippen LogP contribution < -0.4 is 10.6 Å². The van der Waals surface area contributed by atoms with Crippen molar-refractivity contribution in [1.82, 2.24) is 5.32 Å². The van der Waals surface area contributed by atoms with Crippen LogP contribution in [0.15, 0.2) is 24.3 Å². The fourth-order valence-electron chi connectivity index (χ4n) is 1.34. The second-order valence-corrected chi connectivity index (χ2v) is 4.83. The van der Waals surface area contributed by atoms with E-state index in [4.69, 9.17) is 11.6 Å². The van der Waals surface area contributed by atoms with E-state index in [-0.39, 0.29) is 12.5 Å². The van der Waals surface area contributed by atoms with Gasteiger partial charge in [-0.05, 0) is 30.5 Å². The third-order valence-corrected chi connectivity index (χ3v) is 2.56. The fourth-order valence-corrected chi connectivity index (χ4v) is 1.53. The van der Waals surface area contributed by atoms with E-state index in [0.717, 1.165) is 18.7 Å². The molecule has 0 unspecified atom stereocenters. The zero-order chi connectivity index (χ0) is 12.7. The van der Waals surface area contributed by atoms with Crippen LogP contribution in [-0.2, 0) is 4.79 Å². The largest absolute Gasteiger partial charge is 0.376 e. The predicted octanol–water partition coefficient (Wildman–Crippen LogP) is 2.91. The van der Waals surface area contributed by atoms with Gasteiger partial charge in [0.25, 0.3) is 0 Å². The summed E-state index contributed by atoms with van der Waals surface area (Å²) in [5, 5.41) is 6.55. The first kappa shape index (κ1) is 13.8. The van der Waals surface area contributed by atoms with Crippen molar-refractivity contribution in [2.45, 2.75) is 20.3 Å². The van der Waals surface area contributed by atoms with Gasteiger partial charge in [0.1, 0.15) is 0 Å². The molecular formula is C13H19ClN2O. The molecule has 1 rings (SSSR count). The van der Waals surface area contributed by atoms with Gasteiger partial charge in [-0.1, -0.05) is 31.5 Å². The molecule has 1 aromatic carbocycles. The van der Waals surface area contributed by atoms with Crippen LogP contribution in [0.2, 0.25) is 5.02 Å². The Hall–Kier alpha value is -1.22. The van der Waals surface area contributed by atoms with E-state index in [9.17, 15) is 4.79 Å². The average Bonchev–Trinajstić information content (AvgIpc) is 2.26. The van der Waals surface area contributed by atoms with Crippen molar-refractivity contribution in [1.29, 1.82) is 0 Å². The van der Waals surface area contributed by atoms with E-state index in [1.165, 1.54) is 0 Å². The number of amides is 1. The molecule has 0 aromatic heterocycles. The number of hydrogen-bond acceptors (Lipinski definition) is 2. The van der Waals surface area contributed by atoms with E-state index < -0.39 is 0 Å². The summed E-state index contributed by atoms with van der Waals surface area (Å²) in [4.78, 5) is 11.5. The molecule has 0 aliphatic carbocycles. The Morgan fingerprint density at radius 3 is 2.82 bits per heavy atom. The highest BCUT2D eigenvalue weighted by Crippen LogP contribution is 2.14. The summed E-state index contributed by atoms with van der Waals surface area (Å²) in [6.45, 7) is 5.28. The average molecular weight is 255 g/mol. The smallest absolute Gasteiger partial charge is 0.239 e. The number of rotatable bonds is 6. The molecule has 3 nitrogen and oxygen atoms in total. The first-order valence-corrected chi connectivity index (χ1v) is 6.22. The van der Waals surface area contributed by atoms with E-state index in [1.807, 2.05) is 12.1 Å². The summed E-state index contributed by atoms with van der Waals surface area (Å²) >= 11 is 5.84. The standard InChI is InChI=1S/C13H19ClN2O/c1-10(2)6-7-15-13(17)9-16-12-5-3-4-11(14)8-12/h3-5,8,10,16H,6-7,9H2,1-2H3,(H,15,17). The molecule has 0 atom stereocenters. The molecule has 0 aliphatic heterocycles. The van der Waals surface area contributed by atoms with Gasteiger partial charge < -0.3 is 10.6 Å².